The largest absolute Gasteiger partial charge is 0.497 e. The van der Waals surface area contributed by atoms with Crippen LogP contribution in [0.5, 0.6) is 5.75 Å². The highest BCUT2D eigenvalue weighted by molar-refractivity contribution is 5.93. The summed E-state index contributed by atoms with van der Waals surface area (Å²) in [6.45, 7) is 1.30. The van der Waals surface area contributed by atoms with Crippen molar-refractivity contribution in [3.8, 4) is 22.7 Å². The maximum Gasteiger partial charge on any atom is 0.274 e. The molecule has 7 heteroatoms. The van der Waals surface area contributed by atoms with Gasteiger partial charge in [0, 0.05) is 24.7 Å². The third-order valence-electron chi connectivity index (χ3n) is 5.06. The smallest absolute Gasteiger partial charge is 0.274 e. The Morgan fingerprint density at radius 1 is 1.14 bits per heavy atom. The highest BCUT2D eigenvalue weighted by Crippen LogP contribution is 2.27. The van der Waals surface area contributed by atoms with Gasteiger partial charge in [0.15, 0.2) is 5.69 Å². The molecule has 2 aromatic carbocycles. The maximum absolute atomic E-state index is 13.0. The summed E-state index contributed by atoms with van der Waals surface area (Å²) in [5, 5.41) is 4.65. The van der Waals surface area contributed by atoms with Gasteiger partial charge in [-0.05, 0) is 55.3 Å². The number of carbonyl (C=O) groups excluding carboxylic acids is 1. The number of methoxy groups -OCH3 is 1. The second-order valence-corrected chi connectivity index (χ2v) is 7.04. The number of hydrogen-bond acceptors (Lipinski definition) is 4. The van der Waals surface area contributed by atoms with E-state index < -0.39 is 0 Å². The van der Waals surface area contributed by atoms with E-state index in [-0.39, 0.29) is 24.4 Å². The Morgan fingerprint density at radius 3 is 2.52 bits per heavy atom. The van der Waals surface area contributed by atoms with Crippen molar-refractivity contribution in [1.82, 2.24) is 14.7 Å². The molecule has 1 aromatic heterocycles. The second-order valence-electron chi connectivity index (χ2n) is 7.04. The Kier molecular flexibility index (Phi) is 6.56. The van der Waals surface area contributed by atoms with Crippen LogP contribution in [0.15, 0.2) is 60.7 Å². The number of halogens is 1. The lowest BCUT2D eigenvalue weighted by Gasteiger charge is -2.30. The number of carbonyl (C=O) groups is 1. The number of amides is 1. The average Bonchev–Trinajstić information content (AvgIpc) is 3.19. The molecule has 0 aliphatic carbocycles. The maximum atomic E-state index is 13.0. The van der Waals surface area contributed by atoms with Crippen LogP contribution in [-0.2, 0) is 0 Å². The van der Waals surface area contributed by atoms with Crippen LogP contribution < -0.4 is 10.5 Å². The first-order valence-electron chi connectivity index (χ1n) is 9.50. The Hall–Kier alpha value is -2.83. The predicted octanol–water partition coefficient (Wildman–Crippen LogP) is 3.53. The van der Waals surface area contributed by atoms with Crippen LogP contribution in [0, 0.1) is 0 Å². The molecule has 1 unspecified atom stereocenters. The minimum Gasteiger partial charge on any atom is -0.497 e. The average molecular weight is 413 g/mol. The summed E-state index contributed by atoms with van der Waals surface area (Å²) in [6.07, 6.45) is 1.89. The number of ether oxygens (including phenoxy) is 1. The minimum absolute atomic E-state index is 0. The van der Waals surface area contributed by atoms with Crippen molar-refractivity contribution < 1.29 is 9.53 Å². The topological polar surface area (TPSA) is 73.4 Å². The molecule has 2 N–H and O–H groups in total. The predicted molar refractivity (Wildman–Crippen MR) is 116 cm³/mol. The second kappa shape index (κ2) is 9.11. The standard InChI is InChI=1S/C22H24N4O2.ClH/c1-28-19-11-9-16(10-12-19)21-14-20(22(27)25-13-5-6-17(23)15-25)24-26(21)18-7-3-2-4-8-18;/h2-4,7-12,14,17H,5-6,13,15,23H2,1H3;1H. The van der Waals surface area contributed by atoms with E-state index in [1.165, 1.54) is 0 Å². The fourth-order valence-corrected chi connectivity index (χ4v) is 3.58. The van der Waals surface area contributed by atoms with Crippen LogP contribution in [0.2, 0.25) is 0 Å². The first-order valence-corrected chi connectivity index (χ1v) is 9.50. The fourth-order valence-electron chi connectivity index (χ4n) is 3.58. The van der Waals surface area contributed by atoms with Gasteiger partial charge in [0.25, 0.3) is 5.91 Å². The number of aromatic nitrogens is 2. The molecule has 0 bridgehead atoms. The minimum atomic E-state index is -0.0698. The first kappa shape index (κ1) is 20.9. The van der Waals surface area contributed by atoms with Gasteiger partial charge in [-0.1, -0.05) is 18.2 Å². The summed E-state index contributed by atoms with van der Waals surface area (Å²) in [5.41, 5.74) is 9.22. The number of nitrogens with zero attached hydrogens (tertiary/aromatic N) is 3. The van der Waals surface area contributed by atoms with Crippen molar-refractivity contribution in [2.24, 2.45) is 5.73 Å². The molecule has 4 rings (SSSR count). The molecule has 1 saturated heterocycles. The summed E-state index contributed by atoms with van der Waals surface area (Å²) < 4.78 is 7.08. The Bertz CT molecular complexity index is 957. The third-order valence-corrected chi connectivity index (χ3v) is 5.06. The molecular weight excluding hydrogens is 388 g/mol. The first-order chi connectivity index (χ1) is 13.7. The zero-order valence-corrected chi connectivity index (χ0v) is 17.1. The number of nitrogens with two attached hydrogens (primary N) is 1. The van der Waals surface area contributed by atoms with Gasteiger partial charge in [-0.15, -0.1) is 12.4 Å². The number of hydrogen-bond donors (Lipinski definition) is 1. The Labute approximate surface area is 176 Å². The van der Waals surface area contributed by atoms with Gasteiger partial charge in [0.2, 0.25) is 0 Å². The normalized spacial score (nSPS) is 16.2. The lowest BCUT2D eigenvalue weighted by molar-refractivity contribution is 0.0702. The summed E-state index contributed by atoms with van der Waals surface area (Å²) in [6, 6.07) is 19.5. The summed E-state index contributed by atoms with van der Waals surface area (Å²) in [5.74, 6) is 0.715. The molecule has 1 atom stereocenters. The summed E-state index contributed by atoms with van der Waals surface area (Å²) in [4.78, 5) is 14.9. The third kappa shape index (κ3) is 4.44. The zero-order chi connectivity index (χ0) is 19.5. The van der Waals surface area contributed by atoms with Crippen molar-refractivity contribution in [1.29, 1.82) is 0 Å². The number of likely N-dealkylation sites (tertiary alicyclic amines) is 1. The SMILES string of the molecule is COc1ccc(-c2cc(C(=O)N3CCCC(N)C3)nn2-c2ccccc2)cc1.Cl. The Balaban J connectivity index is 0.00000240. The molecule has 0 radical (unpaired) electrons. The van der Waals surface area contributed by atoms with Crippen molar-refractivity contribution in [3.05, 3.63) is 66.4 Å². The highest BCUT2D eigenvalue weighted by atomic mass is 35.5. The molecular formula is C22H25ClN4O2. The number of rotatable bonds is 4. The van der Waals surface area contributed by atoms with Gasteiger partial charge in [-0.25, -0.2) is 4.68 Å². The van der Waals surface area contributed by atoms with Gasteiger partial charge in [0.05, 0.1) is 18.5 Å². The molecule has 1 aliphatic heterocycles. The van der Waals surface area contributed by atoms with Crippen LogP contribution >= 0.6 is 12.4 Å². The van der Waals surface area contributed by atoms with Crippen LogP contribution in [0.4, 0.5) is 0 Å². The van der Waals surface area contributed by atoms with Crippen molar-refractivity contribution in [3.63, 3.8) is 0 Å². The van der Waals surface area contributed by atoms with Gasteiger partial charge in [-0.3, -0.25) is 4.79 Å². The summed E-state index contributed by atoms with van der Waals surface area (Å²) in [7, 11) is 1.64. The van der Waals surface area contributed by atoms with Crippen LogP contribution in [0.3, 0.4) is 0 Å². The molecule has 1 amide bonds. The van der Waals surface area contributed by atoms with Crippen molar-refractivity contribution in [2.75, 3.05) is 20.2 Å². The molecule has 29 heavy (non-hydrogen) atoms. The van der Waals surface area contributed by atoms with Crippen LogP contribution in [0.1, 0.15) is 23.3 Å². The van der Waals surface area contributed by atoms with E-state index in [9.17, 15) is 4.79 Å². The highest BCUT2D eigenvalue weighted by Gasteiger charge is 2.25. The lowest BCUT2D eigenvalue weighted by atomic mass is 10.1. The van der Waals surface area contributed by atoms with Crippen LogP contribution in [-0.4, -0.2) is 46.8 Å². The fraction of sp³-hybridized carbons (Fsp3) is 0.273. The van der Waals surface area contributed by atoms with E-state index in [1.54, 1.807) is 7.11 Å². The molecule has 1 aliphatic rings. The quantitative estimate of drug-likeness (QED) is 0.711. The van der Waals surface area contributed by atoms with Gasteiger partial charge >= 0.3 is 0 Å². The van der Waals surface area contributed by atoms with E-state index in [1.807, 2.05) is 70.2 Å². The van der Waals surface area contributed by atoms with Crippen LogP contribution in [0.25, 0.3) is 16.9 Å². The molecule has 2 heterocycles. The van der Waals surface area contributed by atoms with E-state index >= 15 is 0 Å². The van der Waals surface area contributed by atoms with Crippen molar-refractivity contribution in [2.45, 2.75) is 18.9 Å². The van der Waals surface area contributed by atoms with E-state index in [2.05, 4.69) is 5.10 Å². The van der Waals surface area contributed by atoms with Gasteiger partial charge in [-0.2, -0.15) is 5.10 Å². The molecule has 3 aromatic rings. The monoisotopic (exact) mass is 412 g/mol. The van der Waals surface area contributed by atoms with Gasteiger partial charge < -0.3 is 15.4 Å². The molecule has 0 saturated carbocycles. The Morgan fingerprint density at radius 2 is 1.86 bits per heavy atom. The number of benzene rings is 2. The summed E-state index contributed by atoms with van der Waals surface area (Å²) >= 11 is 0. The molecule has 0 spiro atoms. The molecule has 152 valence electrons. The zero-order valence-electron chi connectivity index (χ0n) is 16.3. The number of piperidine rings is 1. The van der Waals surface area contributed by atoms with Gasteiger partial charge in [0.1, 0.15) is 5.75 Å². The lowest BCUT2D eigenvalue weighted by Crippen LogP contribution is -2.45. The number of para-hydroxylation sites is 1. The van der Waals surface area contributed by atoms with Crippen molar-refractivity contribution >= 4 is 18.3 Å². The molecule has 1 fully saturated rings. The van der Waals surface area contributed by atoms with E-state index in [0.29, 0.717) is 12.2 Å². The molecule has 6 nitrogen and oxygen atoms in total. The van der Waals surface area contributed by atoms with E-state index in [4.69, 9.17) is 10.5 Å². The van der Waals surface area contributed by atoms with E-state index in [0.717, 1.165) is 42.1 Å².